The first-order valence-corrected chi connectivity index (χ1v) is 8.10. The molecule has 1 heterocycles. The second-order valence-electron chi connectivity index (χ2n) is 5.24. The van der Waals surface area contributed by atoms with Gasteiger partial charge in [-0.15, -0.1) is 0 Å². The lowest BCUT2D eigenvalue weighted by Gasteiger charge is -2.10. The molecule has 0 unspecified atom stereocenters. The van der Waals surface area contributed by atoms with Crippen LogP contribution in [0.3, 0.4) is 0 Å². The van der Waals surface area contributed by atoms with Crippen LogP contribution in [0.2, 0.25) is 0 Å². The van der Waals surface area contributed by atoms with E-state index in [0.29, 0.717) is 10.0 Å². The van der Waals surface area contributed by atoms with Crippen LogP contribution in [0.25, 0.3) is 0 Å². The Balaban J connectivity index is 1.74. The first-order valence-electron chi connectivity index (χ1n) is 7.29. The Bertz CT molecular complexity index is 807. The number of rotatable bonds is 4. The van der Waals surface area contributed by atoms with Crippen LogP contribution in [0.4, 0.5) is 16.5 Å². The number of para-hydroxylation sites is 2. The van der Waals surface area contributed by atoms with Crippen LogP contribution in [0.5, 0.6) is 0 Å². The van der Waals surface area contributed by atoms with Gasteiger partial charge in [0.15, 0.2) is 5.13 Å². The zero-order valence-electron chi connectivity index (χ0n) is 13.0. The highest BCUT2D eigenvalue weighted by Crippen LogP contribution is 2.25. The van der Waals surface area contributed by atoms with Gasteiger partial charge in [0.25, 0.3) is 5.91 Å². The molecule has 0 atom stereocenters. The molecule has 3 rings (SSSR count). The van der Waals surface area contributed by atoms with Gasteiger partial charge in [0.1, 0.15) is 4.88 Å². The Morgan fingerprint density at radius 3 is 2.39 bits per heavy atom. The third-order valence-corrected chi connectivity index (χ3v) is 4.39. The van der Waals surface area contributed by atoms with E-state index in [1.165, 1.54) is 11.3 Å². The number of nitrogens with zero attached hydrogens (tertiary/aromatic N) is 1. The first kappa shape index (κ1) is 15.2. The SMILES string of the molecule is Cc1cccc(C)c1NC(=O)c1cnc(Nc2ccccc2)s1. The second kappa shape index (κ2) is 6.62. The van der Waals surface area contributed by atoms with Gasteiger partial charge in [-0.2, -0.15) is 0 Å². The number of nitrogens with one attached hydrogen (secondary N) is 2. The van der Waals surface area contributed by atoms with Gasteiger partial charge in [-0.1, -0.05) is 47.7 Å². The summed E-state index contributed by atoms with van der Waals surface area (Å²) in [5, 5.41) is 6.87. The number of hydrogen-bond donors (Lipinski definition) is 2. The maximum Gasteiger partial charge on any atom is 0.267 e. The molecule has 0 aliphatic heterocycles. The van der Waals surface area contributed by atoms with E-state index >= 15 is 0 Å². The van der Waals surface area contributed by atoms with Crippen LogP contribution in [-0.2, 0) is 0 Å². The predicted octanol–water partition coefficient (Wildman–Crippen LogP) is 4.76. The number of amides is 1. The number of thiazole rings is 1. The number of anilines is 3. The van der Waals surface area contributed by atoms with Gasteiger partial charge in [-0.25, -0.2) is 4.98 Å². The summed E-state index contributed by atoms with van der Waals surface area (Å²) in [6.45, 7) is 3.97. The predicted molar refractivity (Wildman–Crippen MR) is 95.7 cm³/mol. The zero-order chi connectivity index (χ0) is 16.2. The summed E-state index contributed by atoms with van der Waals surface area (Å²) in [5.41, 5.74) is 3.91. The molecule has 0 spiro atoms. The van der Waals surface area contributed by atoms with Crippen molar-refractivity contribution in [1.82, 2.24) is 4.98 Å². The molecule has 5 heteroatoms. The molecule has 3 aromatic rings. The van der Waals surface area contributed by atoms with Crippen molar-refractivity contribution < 1.29 is 4.79 Å². The topological polar surface area (TPSA) is 54.0 Å². The quantitative estimate of drug-likeness (QED) is 0.728. The summed E-state index contributed by atoms with van der Waals surface area (Å²) in [4.78, 5) is 17.3. The van der Waals surface area contributed by atoms with E-state index in [9.17, 15) is 4.79 Å². The van der Waals surface area contributed by atoms with Crippen molar-refractivity contribution in [2.24, 2.45) is 0 Å². The molecule has 23 heavy (non-hydrogen) atoms. The lowest BCUT2D eigenvalue weighted by atomic mass is 10.1. The van der Waals surface area contributed by atoms with E-state index in [-0.39, 0.29) is 5.91 Å². The fourth-order valence-electron chi connectivity index (χ4n) is 2.27. The Kier molecular flexibility index (Phi) is 4.39. The Morgan fingerprint density at radius 1 is 1.00 bits per heavy atom. The minimum absolute atomic E-state index is 0.138. The molecule has 1 aromatic heterocycles. The molecular weight excluding hydrogens is 306 g/mol. The monoisotopic (exact) mass is 323 g/mol. The van der Waals surface area contributed by atoms with Crippen molar-refractivity contribution in [3.63, 3.8) is 0 Å². The molecule has 1 amide bonds. The third-order valence-electron chi connectivity index (χ3n) is 3.47. The highest BCUT2D eigenvalue weighted by atomic mass is 32.1. The first-order chi connectivity index (χ1) is 11.1. The van der Waals surface area contributed by atoms with E-state index in [0.717, 1.165) is 22.5 Å². The van der Waals surface area contributed by atoms with Gasteiger partial charge >= 0.3 is 0 Å². The molecule has 0 fully saturated rings. The van der Waals surface area contributed by atoms with Gasteiger partial charge in [-0.05, 0) is 37.1 Å². The highest BCUT2D eigenvalue weighted by molar-refractivity contribution is 7.17. The molecule has 0 saturated heterocycles. The average Bonchev–Trinajstić information content (AvgIpc) is 3.00. The van der Waals surface area contributed by atoms with Gasteiger partial charge in [0.2, 0.25) is 0 Å². The largest absolute Gasteiger partial charge is 0.332 e. The molecule has 4 nitrogen and oxygen atoms in total. The van der Waals surface area contributed by atoms with Crippen LogP contribution in [0.1, 0.15) is 20.8 Å². The Labute approximate surface area is 139 Å². The molecule has 0 radical (unpaired) electrons. The van der Waals surface area contributed by atoms with E-state index in [1.807, 2.05) is 62.4 Å². The summed E-state index contributed by atoms with van der Waals surface area (Å²) >= 11 is 1.33. The minimum atomic E-state index is -0.138. The average molecular weight is 323 g/mol. The molecule has 0 aliphatic rings. The molecule has 0 bridgehead atoms. The smallest absolute Gasteiger partial charge is 0.267 e. The van der Waals surface area contributed by atoms with E-state index in [1.54, 1.807) is 6.20 Å². The Morgan fingerprint density at radius 2 is 1.70 bits per heavy atom. The molecule has 0 aliphatic carbocycles. The standard InChI is InChI=1S/C18H17N3OS/c1-12-7-6-8-13(2)16(12)21-17(22)15-11-19-18(23-15)20-14-9-4-3-5-10-14/h3-11H,1-2H3,(H,19,20)(H,21,22). The summed E-state index contributed by atoms with van der Waals surface area (Å²) < 4.78 is 0. The van der Waals surface area contributed by atoms with Crippen molar-refractivity contribution in [3.05, 3.63) is 70.7 Å². The summed E-state index contributed by atoms with van der Waals surface area (Å²) in [7, 11) is 0. The molecule has 2 N–H and O–H groups in total. The number of carbonyl (C=O) groups excluding carboxylic acids is 1. The van der Waals surface area contributed by atoms with Crippen molar-refractivity contribution in [3.8, 4) is 0 Å². The number of benzene rings is 2. The fraction of sp³-hybridized carbons (Fsp3) is 0.111. The second-order valence-corrected chi connectivity index (χ2v) is 6.27. The lowest BCUT2D eigenvalue weighted by Crippen LogP contribution is -2.12. The van der Waals surface area contributed by atoms with Gasteiger partial charge in [-0.3, -0.25) is 4.79 Å². The van der Waals surface area contributed by atoms with Crippen LogP contribution < -0.4 is 10.6 Å². The lowest BCUT2D eigenvalue weighted by molar-refractivity contribution is 0.103. The number of carbonyl (C=O) groups is 1. The normalized spacial score (nSPS) is 10.3. The van der Waals surface area contributed by atoms with Crippen LogP contribution in [-0.4, -0.2) is 10.9 Å². The van der Waals surface area contributed by atoms with Gasteiger partial charge < -0.3 is 10.6 Å². The highest BCUT2D eigenvalue weighted by Gasteiger charge is 2.13. The third kappa shape index (κ3) is 3.57. The summed E-state index contributed by atoms with van der Waals surface area (Å²) in [6.07, 6.45) is 1.60. The van der Waals surface area contributed by atoms with Crippen LogP contribution in [0.15, 0.2) is 54.7 Å². The maximum absolute atomic E-state index is 12.4. The summed E-state index contributed by atoms with van der Waals surface area (Å²) in [5.74, 6) is -0.138. The van der Waals surface area contributed by atoms with Crippen molar-refractivity contribution in [1.29, 1.82) is 0 Å². The van der Waals surface area contributed by atoms with Crippen molar-refractivity contribution in [2.75, 3.05) is 10.6 Å². The number of hydrogen-bond acceptors (Lipinski definition) is 4. The van der Waals surface area contributed by atoms with Crippen molar-refractivity contribution >= 4 is 33.8 Å². The summed E-state index contributed by atoms with van der Waals surface area (Å²) in [6, 6.07) is 15.7. The van der Waals surface area contributed by atoms with E-state index in [2.05, 4.69) is 15.6 Å². The van der Waals surface area contributed by atoms with Crippen LogP contribution >= 0.6 is 11.3 Å². The molecule has 116 valence electrons. The van der Waals surface area contributed by atoms with E-state index < -0.39 is 0 Å². The number of aromatic nitrogens is 1. The molecule has 2 aromatic carbocycles. The van der Waals surface area contributed by atoms with E-state index in [4.69, 9.17) is 0 Å². The minimum Gasteiger partial charge on any atom is -0.332 e. The maximum atomic E-state index is 12.4. The number of aryl methyl sites for hydroxylation is 2. The van der Waals surface area contributed by atoms with Crippen molar-refractivity contribution in [2.45, 2.75) is 13.8 Å². The van der Waals surface area contributed by atoms with Gasteiger partial charge in [0.05, 0.1) is 6.20 Å². The fourth-order valence-corrected chi connectivity index (χ4v) is 3.00. The van der Waals surface area contributed by atoms with Crippen LogP contribution in [0, 0.1) is 13.8 Å². The molecular formula is C18H17N3OS. The Hall–Kier alpha value is -2.66. The molecule has 0 saturated carbocycles. The zero-order valence-corrected chi connectivity index (χ0v) is 13.8. The van der Waals surface area contributed by atoms with Gasteiger partial charge in [0, 0.05) is 11.4 Å².